The molecular formula is C22H28N8O3S2. The second kappa shape index (κ2) is 9.90. The number of benzene rings is 1. The van der Waals surface area contributed by atoms with E-state index in [-0.39, 0.29) is 5.91 Å². The van der Waals surface area contributed by atoms with Crippen molar-refractivity contribution in [3.05, 3.63) is 29.3 Å². The molecule has 2 saturated heterocycles. The molecule has 0 bridgehead atoms. The van der Waals surface area contributed by atoms with Gasteiger partial charge in [-0.25, -0.2) is 9.79 Å². The largest absolute Gasteiger partial charge is 0.497 e. The zero-order chi connectivity index (χ0) is 24.5. The Labute approximate surface area is 212 Å². The number of anilines is 1. The number of likely N-dealkylation sites (N-methyl/N-ethyl adjacent to an activating group) is 1. The normalized spacial score (nSPS) is 22.3. The van der Waals surface area contributed by atoms with Gasteiger partial charge in [0.15, 0.2) is 22.5 Å². The molecule has 3 aliphatic rings. The Morgan fingerprint density at radius 3 is 2.49 bits per heavy atom. The van der Waals surface area contributed by atoms with Gasteiger partial charge in [-0.15, -0.1) is 10.2 Å². The lowest BCUT2D eigenvalue weighted by Gasteiger charge is -2.41. The van der Waals surface area contributed by atoms with Gasteiger partial charge in [0.1, 0.15) is 10.8 Å². The van der Waals surface area contributed by atoms with Crippen LogP contribution in [-0.2, 0) is 4.79 Å². The summed E-state index contributed by atoms with van der Waals surface area (Å²) in [6, 6.07) is 7.13. The van der Waals surface area contributed by atoms with E-state index in [1.54, 1.807) is 37.3 Å². The number of urea groups is 1. The Hall–Kier alpha value is -3.06. The molecule has 0 aliphatic carbocycles. The molecule has 13 heteroatoms. The highest BCUT2D eigenvalue weighted by Gasteiger charge is 2.49. The summed E-state index contributed by atoms with van der Waals surface area (Å²) >= 11 is 3.18. The third kappa shape index (κ3) is 4.74. The molecule has 1 aromatic carbocycles. The molecule has 2 unspecified atom stereocenters. The minimum Gasteiger partial charge on any atom is -0.497 e. The van der Waals surface area contributed by atoms with E-state index in [9.17, 15) is 9.59 Å². The number of hydrogen-bond donors (Lipinski definition) is 1. The predicted molar refractivity (Wildman–Crippen MR) is 135 cm³/mol. The van der Waals surface area contributed by atoms with Crippen molar-refractivity contribution in [3.8, 4) is 5.75 Å². The molecule has 2 atom stereocenters. The number of aryl methyl sites for hydroxylation is 1. The number of ether oxygens (including phenoxy) is 1. The number of piperazine rings is 1. The minimum atomic E-state index is -0.538. The second-order valence-corrected chi connectivity index (χ2v) is 11.0. The van der Waals surface area contributed by atoms with Gasteiger partial charge in [-0.1, -0.05) is 23.1 Å². The predicted octanol–water partition coefficient (Wildman–Crippen LogP) is 1.32. The van der Waals surface area contributed by atoms with Crippen molar-refractivity contribution in [1.82, 2.24) is 30.2 Å². The van der Waals surface area contributed by atoms with Crippen LogP contribution in [0.4, 0.5) is 10.5 Å². The Morgan fingerprint density at radius 2 is 1.83 bits per heavy atom. The first kappa shape index (κ1) is 23.7. The first-order chi connectivity index (χ1) is 16.9. The van der Waals surface area contributed by atoms with Crippen LogP contribution in [-0.4, -0.2) is 108 Å². The topological polar surface area (TPSA) is 106 Å². The van der Waals surface area contributed by atoms with Crippen LogP contribution in [0.5, 0.6) is 5.75 Å². The van der Waals surface area contributed by atoms with E-state index in [4.69, 9.17) is 9.73 Å². The fraction of sp³-hybridized carbons (Fsp3) is 0.500. The summed E-state index contributed by atoms with van der Waals surface area (Å²) in [5.41, 5.74) is 1.15. The van der Waals surface area contributed by atoms with Crippen LogP contribution in [0, 0.1) is 6.92 Å². The number of hydrogen-bond acceptors (Lipinski definition) is 11. The fourth-order valence-corrected chi connectivity index (χ4v) is 6.36. The number of rotatable bonds is 6. The molecule has 11 nitrogen and oxygen atoms in total. The van der Waals surface area contributed by atoms with Gasteiger partial charge in [-0.2, -0.15) is 0 Å². The third-order valence-electron chi connectivity index (χ3n) is 6.40. The lowest BCUT2D eigenvalue weighted by atomic mass is 10.1. The monoisotopic (exact) mass is 516 g/mol. The molecule has 186 valence electrons. The summed E-state index contributed by atoms with van der Waals surface area (Å²) in [5, 5.41) is 11.7. The molecule has 3 amide bonds. The first-order valence-corrected chi connectivity index (χ1v) is 13.2. The maximum absolute atomic E-state index is 12.9. The Balaban J connectivity index is 1.30. The molecule has 0 spiro atoms. The standard InChI is InChI=1S/C22H28N8O3S2/c1-14-25-26-22(35-14)34-13-12-30-17-18(27(2)21(32)24-19(17)31)23-20(30)29-10-8-28(9-11-29)15-4-6-16(33-3)7-5-15/h4-7,17-18H,8-13H2,1-3H3,(H,24,31,32). The van der Waals surface area contributed by atoms with Crippen LogP contribution in [0.1, 0.15) is 5.01 Å². The molecule has 0 saturated carbocycles. The van der Waals surface area contributed by atoms with E-state index < -0.39 is 18.2 Å². The lowest BCUT2D eigenvalue weighted by Crippen LogP contribution is -2.64. The smallest absolute Gasteiger partial charge is 0.325 e. The van der Waals surface area contributed by atoms with Crippen LogP contribution in [0.25, 0.3) is 0 Å². The van der Waals surface area contributed by atoms with Crippen LogP contribution >= 0.6 is 23.1 Å². The molecule has 4 heterocycles. The van der Waals surface area contributed by atoms with Crippen LogP contribution in [0.3, 0.4) is 0 Å². The van der Waals surface area contributed by atoms with Crippen molar-refractivity contribution in [1.29, 1.82) is 0 Å². The molecule has 3 aliphatic heterocycles. The number of guanidine groups is 1. The molecule has 1 aromatic heterocycles. The summed E-state index contributed by atoms with van der Waals surface area (Å²) in [6.45, 7) is 5.73. The van der Waals surface area contributed by atoms with E-state index in [0.717, 1.165) is 58.7 Å². The van der Waals surface area contributed by atoms with Gasteiger partial charge in [0, 0.05) is 51.2 Å². The van der Waals surface area contributed by atoms with Gasteiger partial charge in [-0.05, 0) is 31.2 Å². The van der Waals surface area contributed by atoms with Crippen molar-refractivity contribution in [2.75, 3.05) is 57.5 Å². The van der Waals surface area contributed by atoms with Crippen molar-refractivity contribution in [2.45, 2.75) is 23.5 Å². The maximum atomic E-state index is 12.9. The SMILES string of the molecule is COc1ccc(N2CCN(C3=NC4C(C(=O)NC(=O)N4C)N3CCSc3nnc(C)s3)CC2)cc1. The number of thioether (sulfide) groups is 1. The highest BCUT2D eigenvalue weighted by atomic mass is 32.2. The zero-order valence-electron chi connectivity index (χ0n) is 19.9. The number of aliphatic imine (C=N–C) groups is 1. The van der Waals surface area contributed by atoms with Gasteiger partial charge in [0.25, 0.3) is 5.91 Å². The van der Waals surface area contributed by atoms with Crippen molar-refractivity contribution >= 4 is 46.7 Å². The molecule has 5 rings (SSSR count). The number of nitrogens with one attached hydrogen (secondary N) is 1. The maximum Gasteiger partial charge on any atom is 0.325 e. The van der Waals surface area contributed by atoms with Crippen LogP contribution < -0.4 is 15.0 Å². The molecule has 35 heavy (non-hydrogen) atoms. The van der Waals surface area contributed by atoms with E-state index in [1.165, 1.54) is 4.90 Å². The van der Waals surface area contributed by atoms with Gasteiger partial charge in [-0.3, -0.25) is 10.1 Å². The molecular weight excluding hydrogens is 488 g/mol. The molecule has 2 fully saturated rings. The van der Waals surface area contributed by atoms with Gasteiger partial charge < -0.3 is 24.3 Å². The Morgan fingerprint density at radius 1 is 1.11 bits per heavy atom. The summed E-state index contributed by atoms with van der Waals surface area (Å²) in [6.07, 6.45) is -0.528. The summed E-state index contributed by atoms with van der Waals surface area (Å²) in [7, 11) is 3.35. The van der Waals surface area contributed by atoms with Gasteiger partial charge in [0.05, 0.1) is 7.11 Å². The van der Waals surface area contributed by atoms with E-state index in [1.807, 2.05) is 24.0 Å². The van der Waals surface area contributed by atoms with E-state index in [2.05, 4.69) is 37.4 Å². The number of aromatic nitrogens is 2. The summed E-state index contributed by atoms with van der Waals surface area (Å²) in [5.74, 6) is 2.04. The highest BCUT2D eigenvalue weighted by molar-refractivity contribution is 8.01. The average molecular weight is 517 g/mol. The summed E-state index contributed by atoms with van der Waals surface area (Å²) < 4.78 is 6.18. The first-order valence-electron chi connectivity index (χ1n) is 11.4. The van der Waals surface area contributed by atoms with Gasteiger partial charge >= 0.3 is 6.03 Å². The number of carbonyl (C=O) groups is 2. The number of amides is 3. The van der Waals surface area contributed by atoms with E-state index in [0.29, 0.717) is 6.54 Å². The highest BCUT2D eigenvalue weighted by Crippen LogP contribution is 2.29. The van der Waals surface area contributed by atoms with Crippen molar-refractivity contribution in [3.63, 3.8) is 0 Å². The molecule has 1 N–H and O–H groups in total. The Kier molecular flexibility index (Phi) is 6.69. The van der Waals surface area contributed by atoms with Crippen LogP contribution in [0.15, 0.2) is 33.6 Å². The fourth-order valence-electron chi connectivity index (χ4n) is 4.54. The molecule has 2 aromatic rings. The van der Waals surface area contributed by atoms with Gasteiger partial charge in [0.2, 0.25) is 0 Å². The minimum absolute atomic E-state index is 0.300. The molecule has 0 radical (unpaired) electrons. The number of nitrogens with zero attached hydrogens (tertiary/aromatic N) is 7. The third-order valence-corrected chi connectivity index (χ3v) is 8.36. The van der Waals surface area contributed by atoms with Crippen molar-refractivity contribution < 1.29 is 14.3 Å². The number of imide groups is 1. The number of methoxy groups -OCH3 is 1. The quantitative estimate of drug-likeness (QED) is 0.569. The number of carbonyl (C=O) groups excluding carboxylic acids is 2. The summed E-state index contributed by atoms with van der Waals surface area (Å²) in [4.78, 5) is 38.1. The van der Waals surface area contributed by atoms with E-state index >= 15 is 0 Å². The zero-order valence-corrected chi connectivity index (χ0v) is 21.5. The lowest BCUT2D eigenvalue weighted by molar-refractivity contribution is -0.127. The number of fused-ring (bicyclic) bond motifs is 1. The van der Waals surface area contributed by atoms with Crippen molar-refractivity contribution in [2.24, 2.45) is 4.99 Å². The van der Waals surface area contributed by atoms with Crippen LogP contribution in [0.2, 0.25) is 0 Å². The second-order valence-electron chi connectivity index (χ2n) is 8.49. The average Bonchev–Trinajstić information content (AvgIpc) is 3.47. The Bertz CT molecular complexity index is 1120.